The maximum atomic E-state index is 13.8. The van der Waals surface area contributed by atoms with Gasteiger partial charge in [0.1, 0.15) is 11.1 Å². The average Bonchev–Trinajstić information content (AvgIpc) is 3.02. The maximum Gasteiger partial charge on any atom is 0.191 e. The molecule has 0 aliphatic carbocycles. The van der Waals surface area contributed by atoms with Crippen molar-refractivity contribution in [2.75, 3.05) is 19.7 Å². The van der Waals surface area contributed by atoms with Crippen LogP contribution >= 0.6 is 11.3 Å². The van der Waals surface area contributed by atoms with Crippen LogP contribution in [0.5, 0.6) is 5.75 Å². The van der Waals surface area contributed by atoms with Gasteiger partial charge in [-0.2, -0.15) is 0 Å². The lowest BCUT2D eigenvalue weighted by Crippen LogP contribution is -2.43. The van der Waals surface area contributed by atoms with Crippen LogP contribution in [-0.2, 0) is 4.74 Å². The number of hydrogen-bond acceptors (Lipinski definition) is 5. The highest BCUT2D eigenvalue weighted by Crippen LogP contribution is 2.31. The summed E-state index contributed by atoms with van der Waals surface area (Å²) < 4.78 is 38.8. The van der Waals surface area contributed by atoms with Crippen molar-refractivity contribution in [2.24, 2.45) is 0 Å². The third-order valence-electron chi connectivity index (χ3n) is 3.15. The molecule has 0 amide bonds. The molecule has 1 aliphatic heterocycles. The molecular formula is C14H14F2N2O2S. The Morgan fingerprint density at radius 2 is 2.19 bits per heavy atom. The van der Waals surface area contributed by atoms with Gasteiger partial charge in [-0.25, -0.2) is 13.8 Å². The van der Waals surface area contributed by atoms with Crippen LogP contribution in [0.1, 0.15) is 11.1 Å². The van der Waals surface area contributed by atoms with Crippen molar-refractivity contribution in [1.82, 2.24) is 10.3 Å². The molecule has 0 saturated carbocycles. The molecule has 1 aromatic carbocycles. The van der Waals surface area contributed by atoms with Crippen molar-refractivity contribution in [3.05, 3.63) is 46.4 Å². The lowest BCUT2D eigenvalue weighted by molar-refractivity contribution is -0.0453. The van der Waals surface area contributed by atoms with Crippen LogP contribution in [0.4, 0.5) is 8.78 Å². The molecule has 0 spiro atoms. The van der Waals surface area contributed by atoms with E-state index in [0.29, 0.717) is 18.2 Å². The molecule has 21 heavy (non-hydrogen) atoms. The van der Waals surface area contributed by atoms with E-state index in [-0.39, 0.29) is 6.10 Å². The maximum absolute atomic E-state index is 13.8. The largest absolute Gasteiger partial charge is 0.474 e. The molecule has 1 fully saturated rings. The van der Waals surface area contributed by atoms with E-state index in [4.69, 9.17) is 9.47 Å². The van der Waals surface area contributed by atoms with Crippen LogP contribution in [0, 0.1) is 11.6 Å². The predicted octanol–water partition coefficient (Wildman–Crippen LogP) is 2.53. The van der Waals surface area contributed by atoms with Gasteiger partial charge < -0.3 is 14.8 Å². The number of rotatable bonds is 4. The summed E-state index contributed by atoms with van der Waals surface area (Å²) in [5, 5.41) is 5.60. The fourth-order valence-corrected chi connectivity index (χ4v) is 2.88. The summed E-state index contributed by atoms with van der Waals surface area (Å²) in [5.74, 6) is -1.87. The molecule has 2 unspecified atom stereocenters. The topological polar surface area (TPSA) is 43.4 Å². The van der Waals surface area contributed by atoms with Crippen molar-refractivity contribution in [3.8, 4) is 5.75 Å². The highest BCUT2D eigenvalue weighted by Gasteiger charge is 2.31. The monoisotopic (exact) mass is 312 g/mol. The van der Waals surface area contributed by atoms with Gasteiger partial charge in [-0.15, -0.1) is 11.3 Å². The molecule has 0 radical (unpaired) electrons. The van der Waals surface area contributed by atoms with Crippen LogP contribution in [-0.4, -0.2) is 30.8 Å². The van der Waals surface area contributed by atoms with Crippen LogP contribution < -0.4 is 10.1 Å². The number of hydrogen-bond donors (Lipinski definition) is 1. The number of thiazole rings is 1. The molecule has 112 valence electrons. The van der Waals surface area contributed by atoms with Gasteiger partial charge in [0, 0.05) is 24.7 Å². The summed E-state index contributed by atoms with van der Waals surface area (Å²) in [6, 6.07) is 3.63. The van der Waals surface area contributed by atoms with Gasteiger partial charge in [-0.3, -0.25) is 0 Å². The molecule has 1 N–H and O–H groups in total. The van der Waals surface area contributed by atoms with E-state index in [1.54, 1.807) is 11.6 Å². The Balaban J connectivity index is 1.89. The van der Waals surface area contributed by atoms with Crippen molar-refractivity contribution in [2.45, 2.75) is 12.2 Å². The second kappa shape index (κ2) is 6.46. The second-order valence-electron chi connectivity index (χ2n) is 4.57. The molecular weight excluding hydrogens is 298 g/mol. The number of aromatic nitrogens is 1. The highest BCUT2D eigenvalue weighted by atomic mass is 32.1. The number of nitrogens with zero attached hydrogens (tertiary/aromatic N) is 1. The third-order valence-corrected chi connectivity index (χ3v) is 3.99. The lowest BCUT2D eigenvalue weighted by atomic mass is 10.2. The molecule has 1 aromatic heterocycles. The standard InChI is InChI=1S/C14H14F2N2O2S/c15-9-2-1-3-10(16)12(9)20-13(14-18-5-7-21-14)11-8-17-4-6-19-11/h1-3,5,7,11,13,17H,4,6,8H2. The van der Waals surface area contributed by atoms with E-state index in [2.05, 4.69) is 10.3 Å². The van der Waals surface area contributed by atoms with Gasteiger partial charge in [-0.1, -0.05) is 6.07 Å². The zero-order chi connectivity index (χ0) is 14.7. The van der Waals surface area contributed by atoms with Crippen molar-refractivity contribution in [1.29, 1.82) is 0 Å². The molecule has 7 heteroatoms. The fourth-order valence-electron chi connectivity index (χ4n) is 2.16. The van der Waals surface area contributed by atoms with E-state index in [1.165, 1.54) is 17.4 Å². The first-order valence-electron chi connectivity index (χ1n) is 6.58. The summed E-state index contributed by atoms with van der Waals surface area (Å²) in [5.41, 5.74) is 0. The quantitative estimate of drug-likeness (QED) is 0.942. The third kappa shape index (κ3) is 3.20. The SMILES string of the molecule is Fc1cccc(F)c1OC(c1nccs1)C1CNCCO1. The predicted molar refractivity (Wildman–Crippen MR) is 74.5 cm³/mol. The molecule has 1 saturated heterocycles. The zero-order valence-corrected chi connectivity index (χ0v) is 11.9. The normalized spacial score (nSPS) is 20.2. The first-order chi connectivity index (χ1) is 10.3. The van der Waals surface area contributed by atoms with Crippen LogP contribution in [0.25, 0.3) is 0 Å². The number of morpholine rings is 1. The van der Waals surface area contributed by atoms with Gasteiger partial charge in [-0.05, 0) is 12.1 Å². The molecule has 0 bridgehead atoms. The molecule has 2 heterocycles. The van der Waals surface area contributed by atoms with E-state index in [9.17, 15) is 8.78 Å². The van der Waals surface area contributed by atoms with Gasteiger partial charge in [0.25, 0.3) is 0 Å². The van der Waals surface area contributed by atoms with Gasteiger partial charge >= 0.3 is 0 Å². The van der Waals surface area contributed by atoms with E-state index >= 15 is 0 Å². The summed E-state index contributed by atoms with van der Waals surface area (Å²) in [6.07, 6.45) is 0.637. The van der Waals surface area contributed by atoms with Crippen LogP contribution in [0.2, 0.25) is 0 Å². The highest BCUT2D eigenvalue weighted by molar-refractivity contribution is 7.09. The second-order valence-corrected chi connectivity index (χ2v) is 5.50. The minimum Gasteiger partial charge on any atom is -0.474 e. The summed E-state index contributed by atoms with van der Waals surface area (Å²) >= 11 is 1.37. The van der Waals surface area contributed by atoms with Crippen molar-refractivity contribution in [3.63, 3.8) is 0 Å². The van der Waals surface area contributed by atoms with E-state index in [1.807, 2.05) is 0 Å². The molecule has 2 atom stereocenters. The summed E-state index contributed by atoms with van der Waals surface area (Å²) in [7, 11) is 0. The zero-order valence-electron chi connectivity index (χ0n) is 11.1. The minimum absolute atomic E-state index is 0.344. The number of benzene rings is 1. The van der Waals surface area contributed by atoms with Gasteiger partial charge in [0.15, 0.2) is 23.5 Å². The van der Waals surface area contributed by atoms with Crippen molar-refractivity contribution < 1.29 is 18.3 Å². The van der Waals surface area contributed by atoms with Crippen LogP contribution in [0.3, 0.4) is 0 Å². The van der Waals surface area contributed by atoms with Gasteiger partial charge in [0.05, 0.1) is 6.61 Å². The number of para-hydroxylation sites is 1. The number of ether oxygens (including phenoxy) is 2. The Bertz CT molecular complexity index is 568. The number of nitrogens with one attached hydrogen (secondary N) is 1. The average molecular weight is 312 g/mol. The minimum atomic E-state index is -0.736. The first-order valence-corrected chi connectivity index (χ1v) is 7.46. The Hall–Kier alpha value is -1.57. The fraction of sp³-hybridized carbons (Fsp3) is 0.357. The number of halogens is 2. The first kappa shape index (κ1) is 14.4. The van der Waals surface area contributed by atoms with E-state index < -0.39 is 23.5 Å². The smallest absolute Gasteiger partial charge is 0.191 e. The molecule has 1 aliphatic rings. The van der Waals surface area contributed by atoms with E-state index in [0.717, 1.165) is 18.7 Å². The van der Waals surface area contributed by atoms with Crippen LogP contribution in [0.15, 0.2) is 29.8 Å². The summed E-state index contributed by atoms with van der Waals surface area (Å²) in [4.78, 5) is 4.19. The lowest BCUT2D eigenvalue weighted by Gasteiger charge is -2.30. The summed E-state index contributed by atoms with van der Waals surface area (Å²) in [6.45, 7) is 1.81. The molecule has 3 rings (SSSR count). The Kier molecular flexibility index (Phi) is 4.42. The van der Waals surface area contributed by atoms with Crippen molar-refractivity contribution >= 4 is 11.3 Å². The Morgan fingerprint density at radius 1 is 1.38 bits per heavy atom. The Morgan fingerprint density at radius 3 is 2.81 bits per heavy atom. The van der Waals surface area contributed by atoms with Gasteiger partial charge in [0.2, 0.25) is 0 Å². The molecule has 4 nitrogen and oxygen atoms in total. The Labute approximate surface area is 124 Å². The molecule has 2 aromatic rings.